The van der Waals surface area contributed by atoms with Crippen molar-refractivity contribution in [3.8, 4) is 11.5 Å². The molecule has 1 saturated heterocycles. The van der Waals surface area contributed by atoms with Gasteiger partial charge in [0.05, 0.1) is 5.52 Å². The highest BCUT2D eigenvalue weighted by Crippen LogP contribution is 2.40. The fourth-order valence-electron chi connectivity index (χ4n) is 6.55. The Bertz CT molecular complexity index is 1850. The molecule has 5 heteroatoms. The number of hydrogen-bond acceptors (Lipinski definition) is 4. The predicted molar refractivity (Wildman–Crippen MR) is 172 cm³/mol. The zero-order chi connectivity index (χ0) is 28.5. The Morgan fingerprint density at radius 2 is 1.52 bits per heavy atom. The Morgan fingerprint density at radius 1 is 0.738 bits per heavy atom. The fourth-order valence-corrected chi connectivity index (χ4v) is 6.55. The quantitative estimate of drug-likeness (QED) is 0.181. The second-order valence-corrected chi connectivity index (χ2v) is 11.5. The van der Waals surface area contributed by atoms with E-state index in [1.807, 2.05) is 30.6 Å². The molecule has 6 aromatic rings. The van der Waals surface area contributed by atoms with Crippen molar-refractivity contribution >= 4 is 32.6 Å². The van der Waals surface area contributed by atoms with E-state index >= 15 is 0 Å². The van der Waals surface area contributed by atoms with Crippen LogP contribution in [0.15, 0.2) is 91.3 Å². The Hall–Kier alpha value is -4.35. The van der Waals surface area contributed by atoms with Gasteiger partial charge < -0.3 is 14.0 Å². The van der Waals surface area contributed by atoms with Crippen LogP contribution in [0.1, 0.15) is 35.1 Å². The van der Waals surface area contributed by atoms with Gasteiger partial charge in [-0.25, -0.2) is 0 Å². The minimum Gasteiger partial charge on any atom is -0.492 e. The zero-order valence-electron chi connectivity index (χ0n) is 24.5. The SMILES string of the molecule is Cc1c2cnccc2c(C)c2c1c1cc(OCc3ccccc3)ccc1n2Cc1ccc(OCCN2CCCC2)cc1. The lowest BCUT2D eigenvalue weighted by molar-refractivity contribution is 0.238. The number of ether oxygens (including phenoxy) is 2. The molecule has 0 saturated carbocycles. The van der Waals surface area contributed by atoms with Crippen LogP contribution in [0.5, 0.6) is 11.5 Å². The lowest BCUT2D eigenvalue weighted by Gasteiger charge is -2.15. The van der Waals surface area contributed by atoms with Crippen LogP contribution in [0, 0.1) is 13.8 Å². The van der Waals surface area contributed by atoms with Gasteiger partial charge in [-0.2, -0.15) is 0 Å². The summed E-state index contributed by atoms with van der Waals surface area (Å²) in [6.45, 7) is 9.92. The van der Waals surface area contributed by atoms with Crippen LogP contribution < -0.4 is 9.47 Å². The highest BCUT2D eigenvalue weighted by atomic mass is 16.5. The molecule has 5 nitrogen and oxygen atoms in total. The van der Waals surface area contributed by atoms with Crippen molar-refractivity contribution in [3.05, 3.63) is 114 Å². The van der Waals surface area contributed by atoms with Crippen molar-refractivity contribution in [2.24, 2.45) is 0 Å². The minimum atomic E-state index is 0.544. The minimum absolute atomic E-state index is 0.544. The average molecular weight is 556 g/mol. The summed E-state index contributed by atoms with van der Waals surface area (Å²) in [5.74, 6) is 1.81. The molecule has 2 aromatic heterocycles. The van der Waals surface area contributed by atoms with Crippen LogP contribution in [-0.2, 0) is 13.2 Å². The first-order chi connectivity index (χ1) is 20.7. The Balaban J connectivity index is 1.24. The summed E-state index contributed by atoms with van der Waals surface area (Å²) in [6.07, 6.45) is 6.51. The molecule has 0 unspecified atom stereocenters. The largest absolute Gasteiger partial charge is 0.492 e. The molecule has 0 radical (unpaired) electrons. The average Bonchev–Trinajstić information content (AvgIpc) is 3.66. The molecule has 4 aromatic carbocycles. The van der Waals surface area contributed by atoms with Gasteiger partial charge in [-0.3, -0.25) is 9.88 Å². The number of likely N-dealkylation sites (tertiary alicyclic amines) is 1. The van der Waals surface area contributed by atoms with Crippen molar-refractivity contribution in [3.63, 3.8) is 0 Å². The van der Waals surface area contributed by atoms with E-state index < -0.39 is 0 Å². The van der Waals surface area contributed by atoms with Crippen molar-refractivity contribution in [1.82, 2.24) is 14.5 Å². The van der Waals surface area contributed by atoms with E-state index in [2.05, 4.69) is 89.0 Å². The van der Waals surface area contributed by atoms with Gasteiger partial charge in [-0.1, -0.05) is 42.5 Å². The normalized spacial score (nSPS) is 13.9. The number of fused-ring (bicyclic) bond motifs is 4. The van der Waals surface area contributed by atoms with Crippen molar-refractivity contribution < 1.29 is 9.47 Å². The molecule has 7 rings (SSSR count). The van der Waals surface area contributed by atoms with Crippen molar-refractivity contribution in [2.75, 3.05) is 26.2 Å². The lowest BCUT2D eigenvalue weighted by atomic mass is 9.97. The molecule has 0 atom stereocenters. The maximum Gasteiger partial charge on any atom is 0.120 e. The summed E-state index contributed by atoms with van der Waals surface area (Å²) in [4.78, 5) is 6.95. The number of pyridine rings is 1. The number of aryl methyl sites for hydroxylation is 2. The smallest absolute Gasteiger partial charge is 0.120 e. The molecule has 1 fully saturated rings. The zero-order valence-corrected chi connectivity index (χ0v) is 24.5. The maximum atomic E-state index is 6.27. The standard InChI is InChI=1S/C37H37N3O2/c1-26-34-23-38-17-16-32(34)27(2)37-36(26)33-22-31(42-25-29-8-4-3-5-9-29)14-15-35(33)40(37)24-28-10-12-30(13-11-28)41-21-20-39-18-6-7-19-39/h3-5,8-17,22-23H,6-7,18-21,24-25H2,1-2H3. The van der Waals surface area contributed by atoms with E-state index in [4.69, 9.17) is 9.47 Å². The highest BCUT2D eigenvalue weighted by Gasteiger charge is 2.19. The lowest BCUT2D eigenvalue weighted by Crippen LogP contribution is -2.25. The molecule has 0 amide bonds. The van der Waals surface area contributed by atoms with Crippen LogP contribution in [0.3, 0.4) is 0 Å². The summed E-state index contributed by atoms with van der Waals surface area (Å²) >= 11 is 0. The van der Waals surface area contributed by atoms with Gasteiger partial charge in [0.15, 0.2) is 0 Å². The van der Waals surface area contributed by atoms with Gasteiger partial charge >= 0.3 is 0 Å². The number of hydrogen-bond donors (Lipinski definition) is 0. The van der Waals surface area contributed by atoms with Gasteiger partial charge in [0.1, 0.15) is 24.7 Å². The molecular formula is C37H37N3O2. The summed E-state index contributed by atoms with van der Waals surface area (Å²) < 4.78 is 14.8. The molecule has 3 heterocycles. The van der Waals surface area contributed by atoms with Crippen molar-refractivity contribution in [2.45, 2.75) is 39.8 Å². The first-order valence-electron chi connectivity index (χ1n) is 15.1. The van der Waals surface area contributed by atoms with Crippen LogP contribution >= 0.6 is 0 Å². The number of aromatic nitrogens is 2. The van der Waals surface area contributed by atoms with Gasteiger partial charge in [-0.05, 0) is 104 Å². The highest BCUT2D eigenvalue weighted by molar-refractivity contribution is 6.17. The van der Waals surface area contributed by atoms with Crippen molar-refractivity contribution in [1.29, 1.82) is 0 Å². The first kappa shape index (κ1) is 26.5. The van der Waals surface area contributed by atoms with Crippen LogP contribution in [-0.4, -0.2) is 40.7 Å². The van der Waals surface area contributed by atoms with Crippen LogP contribution in [0.25, 0.3) is 32.6 Å². The van der Waals surface area contributed by atoms with E-state index in [0.29, 0.717) is 6.61 Å². The summed E-state index contributed by atoms with van der Waals surface area (Å²) in [5, 5.41) is 4.94. The Kier molecular flexibility index (Phi) is 7.27. The topological polar surface area (TPSA) is 39.5 Å². The fraction of sp³-hybridized carbons (Fsp3) is 0.270. The van der Waals surface area contributed by atoms with Gasteiger partial charge in [-0.15, -0.1) is 0 Å². The number of nitrogens with zero attached hydrogens (tertiary/aromatic N) is 3. The van der Waals surface area contributed by atoms with E-state index in [9.17, 15) is 0 Å². The summed E-state index contributed by atoms with van der Waals surface area (Å²) in [7, 11) is 0. The molecule has 1 aliphatic rings. The molecule has 0 N–H and O–H groups in total. The monoisotopic (exact) mass is 555 g/mol. The first-order valence-corrected chi connectivity index (χ1v) is 15.1. The summed E-state index contributed by atoms with van der Waals surface area (Å²) in [6, 6.07) is 27.6. The van der Waals surface area contributed by atoms with Gasteiger partial charge in [0.2, 0.25) is 0 Å². The Morgan fingerprint density at radius 3 is 2.33 bits per heavy atom. The van der Waals surface area contributed by atoms with Crippen LogP contribution in [0.4, 0.5) is 0 Å². The maximum absolute atomic E-state index is 6.27. The second kappa shape index (κ2) is 11.5. The third kappa shape index (κ3) is 5.10. The molecule has 0 bridgehead atoms. The molecule has 42 heavy (non-hydrogen) atoms. The third-order valence-electron chi connectivity index (χ3n) is 8.78. The summed E-state index contributed by atoms with van der Waals surface area (Å²) in [5.41, 5.74) is 7.41. The Labute approximate surface area is 247 Å². The van der Waals surface area contributed by atoms with E-state index in [1.54, 1.807) is 0 Å². The number of benzene rings is 4. The molecule has 1 aliphatic heterocycles. The predicted octanol–water partition coefficient (Wildman–Crippen LogP) is 8.06. The van der Waals surface area contributed by atoms with Gasteiger partial charge in [0, 0.05) is 47.2 Å². The second-order valence-electron chi connectivity index (χ2n) is 11.5. The molecule has 0 spiro atoms. The van der Waals surface area contributed by atoms with E-state index in [-0.39, 0.29) is 0 Å². The van der Waals surface area contributed by atoms with Gasteiger partial charge in [0.25, 0.3) is 0 Å². The number of rotatable bonds is 9. The van der Waals surface area contributed by atoms with E-state index in [1.165, 1.54) is 75.2 Å². The molecular weight excluding hydrogens is 518 g/mol. The van der Waals surface area contributed by atoms with E-state index in [0.717, 1.165) is 36.8 Å². The van der Waals surface area contributed by atoms with Crippen LogP contribution in [0.2, 0.25) is 0 Å². The molecule has 212 valence electrons. The molecule has 0 aliphatic carbocycles. The third-order valence-corrected chi connectivity index (χ3v) is 8.78.